The highest BCUT2D eigenvalue weighted by Crippen LogP contribution is 2.46. The van der Waals surface area contributed by atoms with E-state index >= 15 is 0 Å². The normalized spacial score (nSPS) is 27.2. The second kappa shape index (κ2) is 8.27. The van der Waals surface area contributed by atoms with Crippen molar-refractivity contribution >= 4 is 5.91 Å². The first-order chi connectivity index (χ1) is 14.2. The number of nitrogens with one attached hydrogen (secondary N) is 1. The third-order valence-corrected chi connectivity index (χ3v) is 7.30. The molecule has 5 nitrogen and oxygen atoms in total. The van der Waals surface area contributed by atoms with Gasteiger partial charge in [-0.3, -0.25) is 4.79 Å². The first-order valence-electron chi connectivity index (χ1n) is 11.6. The molecule has 4 aliphatic rings. The number of hydrogen-bond donors (Lipinski definition) is 1. The van der Waals surface area contributed by atoms with Gasteiger partial charge in [0.1, 0.15) is 11.4 Å². The van der Waals surface area contributed by atoms with E-state index in [9.17, 15) is 4.79 Å². The van der Waals surface area contributed by atoms with Gasteiger partial charge in [0, 0.05) is 51.2 Å². The lowest BCUT2D eigenvalue weighted by atomic mass is 9.76. The Hall–Kier alpha value is -1.59. The Bertz CT molecular complexity index is 719. The molecule has 5 heteroatoms. The molecule has 0 aromatic heterocycles. The highest BCUT2D eigenvalue weighted by molar-refractivity contribution is 5.77. The van der Waals surface area contributed by atoms with Crippen LogP contribution < -0.4 is 10.1 Å². The number of hydrogen-bond acceptors (Lipinski definition) is 4. The number of carbonyl (C=O) groups is 1. The predicted molar refractivity (Wildman–Crippen MR) is 112 cm³/mol. The van der Waals surface area contributed by atoms with Gasteiger partial charge in [0.05, 0.1) is 0 Å². The molecule has 1 atom stereocenters. The van der Waals surface area contributed by atoms with Crippen LogP contribution in [0.1, 0.15) is 62.8 Å². The van der Waals surface area contributed by atoms with Crippen molar-refractivity contribution in [1.29, 1.82) is 0 Å². The number of rotatable bonds is 5. The van der Waals surface area contributed by atoms with Gasteiger partial charge in [0.15, 0.2) is 0 Å². The minimum atomic E-state index is -0.106. The first-order valence-corrected chi connectivity index (χ1v) is 11.6. The van der Waals surface area contributed by atoms with Crippen molar-refractivity contribution in [3.8, 4) is 5.75 Å². The summed E-state index contributed by atoms with van der Waals surface area (Å²) < 4.78 is 12.1. The zero-order valence-corrected chi connectivity index (χ0v) is 17.4. The largest absolute Gasteiger partial charge is 0.487 e. The quantitative estimate of drug-likeness (QED) is 0.825. The highest BCUT2D eigenvalue weighted by atomic mass is 16.5. The van der Waals surface area contributed by atoms with E-state index in [1.807, 2.05) is 0 Å². The van der Waals surface area contributed by atoms with Gasteiger partial charge < -0.3 is 19.7 Å². The van der Waals surface area contributed by atoms with E-state index in [1.54, 1.807) is 0 Å². The first kappa shape index (κ1) is 19.4. The van der Waals surface area contributed by atoms with Gasteiger partial charge in [0.25, 0.3) is 0 Å². The summed E-state index contributed by atoms with van der Waals surface area (Å²) in [5.41, 5.74) is 1.11. The van der Waals surface area contributed by atoms with Gasteiger partial charge in [-0.25, -0.2) is 0 Å². The van der Waals surface area contributed by atoms with E-state index < -0.39 is 0 Å². The average Bonchev–Trinajstić information content (AvgIpc) is 3.55. The van der Waals surface area contributed by atoms with Crippen LogP contribution in [-0.4, -0.2) is 55.3 Å². The Morgan fingerprint density at radius 3 is 2.62 bits per heavy atom. The molecule has 1 N–H and O–H groups in total. The van der Waals surface area contributed by atoms with E-state index in [4.69, 9.17) is 9.47 Å². The molecule has 1 aromatic rings. The van der Waals surface area contributed by atoms with Gasteiger partial charge in [-0.15, -0.1) is 0 Å². The zero-order valence-electron chi connectivity index (χ0n) is 17.4. The van der Waals surface area contributed by atoms with E-state index in [0.29, 0.717) is 12.5 Å². The summed E-state index contributed by atoms with van der Waals surface area (Å²) in [4.78, 5) is 15.2. The Morgan fingerprint density at radius 2 is 1.86 bits per heavy atom. The number of nitrogens with zero attached hydrogens (tertiary/aromatic N) is 1. The van der Waals surface area contributed by atoms with Crippen molar-refractivity contribution in [2.24, 2.45) is 5.92 Å². The van der Waals surface area contributed by atoms with Crippen molar-refractivity contribution in [3.63, 3.8) is 0 Å². The number of ether oxygens (including phenoxy) is 2. The molecule has 0 unspecified atom stereocenters. The molecule has 0 radical (unpaired) electrons. The molecule has 29 heavy (non-hydrogen) atoms. The van der Waals surface area contributed by atoms with Gasteiger partial charge in [-0.2, -0.15) is 0 Å². The van der Waals surface area contributed by atoms with E-state index in [1.165, 1.54) is 24.9 Å². The van der Waals surface area contributed by atoms with Crippen molar-refractivity contribution in [1.82, 2.24) is 10.2 Å². The Morgan fingerprint density at radius 1 is 1.10 bits per heavy atom. The second-order valence-corrected chi connectivity index (χ2v) is 9.63. The van der Waals surface area contributed by atoms with Crippen LogP contribution in [0.15, 0.2) is 24.3 Å². The lowest BCUT2D eigenvalue weighted by Gasteiger charge is -2.47. The minimum absolute atomic E-state index is 0.106. The Labute approximate surface area is 174 Å². The molecule has 0 bridgehead atoms. The topological polar surface area (TPSA) is 50.8 Å². The Kier molecular flexibility index (Phi) is 5.53. The van der Waals surface area contributed by atoms with Crippen molar-refractivity contribution in [2.45, 2.75) is 68.9 Å². The van der Waals surface area contributed by atoms with Crippen LogP contribution in [0.25, 0.3) is 0 Å². The lowest BCUT2D eigenvalue weighted by molar-refractivity contribution is -0.122. The fraction of sp³-hybridized carbons (Fsp3) is 0.708. The lowest BCUT2D eigenvalue weighted by Crippen LogP contribution is -2.51. The van der Waals surface area contributed by atoms with Crippen molar-refractivity contribution < 1.29 is 14.3 Å². The summed E-state index contributed by atoms with van der Waals surface area (Å²) in [5, 5.41) is 3.18. The molecule has 1 aliphatic carbocycles. The van der Waals surface area contributed by atoms with Crippen LogP contribution in [-0.2, 0) is 9.53 Å². The van der Waals surface area contributed by atoms with Gasteiger partial charge in [0.2, 0.25) is 5.91 Å². The smallest absolute Gasteiger partial charge is 0.220 e. The molecule has 1 amide bonds. The van der Waals surface area contributed by atoms with Crippen LogP contribution in [0.3, 0.4) is 0 Å². The maximum Gasteiger partial charge on any atom is 0.220 e. The van der Waals surface area contributed by atoms with E-state index in [2.05, 4.69) is 34.5 Å². The fourth-order valence-corrected chi connectivity index (χ4v) is 5.41. The standard InChI is InChI=1S/C24H34N2O3/c27-23(25-20-5-6-20)15-19-16-24(29-22-4-2-1-3-21(19)22)9-11-26(12-10-24)17-18-7-13-28-14-8-18/h1-4,18-20H,5-17H2,(H,25,27)/t19-/m1/s1. The van der Waals surface area contributed by atoms with Crippen LogP contribution >= 0.6 is 0 Å². The van der Waals surface area contributed by atoms with Crippen LogP contribution in [0.2, 0.25) is 0 Å². The molecule has 5 rings (SSSR count). The number of benzene rings is 1. The second-order valence-electron chi connectivity index (χ2n) is 9.63. The van der Waals surface area contributed by atoms with Crippen LogP contribution in [0.5, 0.6) is 5.75 Å². The molecule has 1 spiro atoms. The minimum Gasteiger partial charge on any atom is -0.487 e. The zero-order chi connectivity index (χ0) is 19.7. The molecule has 158 valence electrons. The summed E-state index contributed by atoms with van der Waals surface area (Å²) in [6.45, 7) is 5.24. The van der Waals surface area contributed by atoms with Gasteiger partial charge in [-0.1, -0.05) is 18.2 Å². The SMILES string of the molecule is O=C(C[C@@H]1CC2(CCN(CC3CCOCC3)CC2)Oc2ccccc21)NC1CC1. The van der Waals surface area contributed by atoms with Crippen LogP contribution in [0, 0.1) is 5.92 Å². The number of carbonyl (C=O) groups excluding carboxylic acids is 1. The molecule has 3 aliphatic heterocycles. The molecular formula is C24H34N2O3. The molecule has 1 aromatic carbocycles. The predicted octanol–water partition coefficient (Wildman–Crippen LogP) is 3.48. The molecule has 2 saturated heterocycles. The number of para-hydroxylation sites is 1. The third-order valence-electron chi connectivity index (χ3n) is 7.30. The summed E-state index contributed by atoms with van der Waals surface area (Å²) in [6.07, 6.45) is 8.35. The van der Waals surface area contributed by atoms with Crippen molar-refractivity contribution in [2.75, 3.05) is 32.8 Å². The Balaban J connectivity index is 1.24. The number of likely N-dealkylation sites (tertiary alicyclic amines) is 1. The van der Waals surface area contributed by atoms with Gasteiger partial charge in [-0.05, 0) is 62.5 Å². The van der Waals surface area contributed by atoms with E-state index in [0.717, 1.165) is 70.1 Å². The maximum atomic E-state index is 12.5. The summed E-state index contributed by atoms with van der Waals surface area (Å²) >= 11 is 0. The fourth-order valence-electron chi connectivity index (χ4n) is 5.41. The summed E-state index contributed by atoms with van der Waals surface area (Å²) in [5.74, 6) is 2.26. The van der Waals surface area contributed by atoms with Gasteiger partial charge >= 0.3 is 0 Å². The summed E-state index contributed by atoms with van der Waals surface area (Å²) in [6, 6.07) is 8.80. The monoisotopic (exact) mass is 398 g/mol. The molecule has 1 saturated carbocycles. The van der Waals surface area contributed by atoms with Crippen molar-refractivity contribution in [3.05, 3.63) is 29.8 Å². The maximum absolute atomic E-state index is 12.5. The van der Waals surface area contributed by atoms with Crippen LogP contribution in [0.4, 0.5) is 0 Å². The number of amides is 1. The highest BCUT2D eigenvalue weighted by Gasteiger charge is 2.44. The molecule has 3 fully saturated rings. The summed E-state index contributed by atoms with van der Waals surface area (Å²) in [7, 11) is 0. The third kappa shape index (κ3) is 4.61. The molecule has 3 heterocycles. The average molecular weight is 399 g/mol. The van der Waals surface area contributed by atoms with E-state index in [-0.39, 0.29) is 17.4 Å². The molecular weight excluding hydrogens is 364 g/mol. The number of fused-ring (bicyclic) bond motifs is 1. The number of piperidine rings is 1.